The van der Waals surface area contributed by atoms with Gasteiger partial charge in [-0.1, -0.05) is 11.6 Å². The SMILES string of the molecule is OCc1ncc(Cl)c(C(F)F)c1O. The largest absolute Gasteiger partial charge is 0.505 e. The fraction of sp³-hybridized carbons (Fsp3) is 0.286. The first-order chi connectivity index (χ1) is 6.07. The maximum absolute atomic E-state index is 12.3. The molecule has 1 rings (SSSR count). The van der Waals surface area contributed by atoms with Gasteiger partial charge in [-0.3, -0.25) is 4.98 Å². The molecule has 0 aromatic carbocycles. The summed E-state index contributed by atoms with van der Waals surface area (Å²) in [4.78, 5) is 3.47. The van der Waals surface area contributed by atoms with Crippen LogP contribution in [0.5, 0.6) is 5.75 Å². The molecule has 2 N–H and O–H groups in total. The Morgan fingerprint density at radius 2 is 2.15 bits per heavy atom. The van der Waals surface area contributed by atoms with Crippen LogP contribution in [0.15, 0.2) is 6.20 Å². The summed E-state index contributed by atoms with van der Waals surface area (Å²) in [5.41, 5.74) is -0.902. The Morgan fingerprint density at radius 3 is 2.62 bits per heavy atom. The van der Waals surface area contributed by atoms with E-state index in [0.29, 0.717) is 0 Å². The number of rotatable bonds is 2. The highest BCUT2D eigenvalue weighted by Gasteiger charge is 2.20. The van der Waals surface area contributed by atoms with E-state index in [9.17, 15) is 8.78 Å². The van der Waals surface area contributed by atoms with Crippen molar-refractivity contribution in [2.75, 3.05) is 0 Å². The van der Waals surface area contributed by atoms with Crippen LogP contribution >= 0.6 is 11.6 Å². The van der Waals surface area contributed by atoms with E-state index in [4.69, 9.17) is 21.8 Å². The van der Waals surface area contributed by atoms with Crippen LogP contribution in [0, 0.1) is 0 Å². The summed E-state index contributed by atoms with van der Waals surface area (Å²) < 4.78 is 24.5. The molecule has 0 bridgehead atoms. The summed E-state index contributed by atoms with van der Waals surface area (Å²) >= 11 is 5.37. The Balaban J connectivity index is 3.30. The van der Waals surface area contributed by atoms with Crippen molar-refractivity contribution in [2.45, 2.75) is 13.0 Å². The number of alkyl halides is 2. The number of aromatic hydroxyl groups is 1. The van der Waals surface area contributed by atoms with Gasteiger partial charge in [0.2, 0.25) is 0 Å². The van der Waals surface area contributed by atoms with Crippen LogP contribution in [-0.4, -0.2) is 15.2 Å². The second kappa shape index (κ2) is 3.85. The first-order valence-electron chi connectivity index (χ1n) is 3.33. The lowest BCUT2D eigenvalue weighted by Crippen LogP contribution is -1.96. The molecule has 0 aliphatic carbocycles. The van der Waals surface area contributed by atoms with E-state index in [1.807, 2.05) is 0 Å². The number of aromatic nitrogens is 1. The smallest absolute Gasteiger partial charge is 0.268 e. The average Bonchev–Trinajstić information content (AvgIpc) is 2.04. The van der Waals surface area contributed by atoms with Crippen molar-refractivity contribution in [3.8, 4) is 5.75 Å². The van der Waals surface area contributed by atoms with E-state index >= 15 is 0 Å². The lowest BCUT2D eigenvalue weighted by atomic mass is 10.2. The fourth-order valence-electron chi connectivity index (χ4n) is 0.857. The molecule has 3 nitrogen and oxygen atoms in total. The quantitative estimate of drug-likeness (QED) is 0.782. The summed E-state index contributed by atoms with van der Waals surface area (Å²) in [5.74, 6) is -0.745. The molecule has 1 aromatic rings. The third-order valence-corrected chi connectivity index (χ3v) is 1.79. The van der Waals surface area contributed by atoms with Crippen LogP contribution in [0.1, 0.15) is 17.7 Å². The van der Waals surface area contributed by atoms with E-state index in [1.165, 1.54) is 0 Å². The Bertz CT molecular complexity index is 320. The van der Waals surface area contributed by atoms with Gasteiger partial charge in [0, 0.05) is 6.20 Å². The first kappa shape index (κ1) is 10.1. The molecule has 0 radical (unpaired) electrons. The topological polar surface area (TPSA) is 53.4 Å². The maximum atomic E-state index is 12.3. The van der Waals surface area contributed by atoms with E-state index in [1.54, 1.807) is 0 Å². The van der Waals surface area contributed by atoms with Crippen LogP contribution in [0.3, 0.4) is 0 Å². The number of halogens is 3. The van der Waals surface area contributed by atoms with Gasteiger partial charge in [-0.15, -0.1) is 0 Å². The standard InChI is InChI=1S/C7H6ClF2NO2/c8-3-1-11-4(2-12)6(13)5(3)7(9)10/h1,7,12-13H,2H2. The van der Waals surface area contributed by atoms with E-state index in [0.717, 1.165) is 6.20 Å². The zero-order chi connectivity index (χ0) is 10.0. The van der Waals surface area contributed by atoms with Gasteiger partial charge in [-0.25, -0.2) is 8.78 Å². The summed E-state index contributed by atoms with van der Waals surface area (Å²) in [7, 11) is 0. The molecule has 72 valence electrons. The average molecular weight is 210 g/mol. The first-order valence-corrected chi connectivity index (χ1v) is 3.71. The predicted molar refractivity (Wildman–Crippen MR) is 41.8 cm³/mol. The van der Waals surface area contributed by atoms with E-state index in [-0.39, 0.29) is 10.7 Å². The molecule has 13 heavy (non-hydrogen) atoms. The van der Waals surface area contributed by atoms with Gasteiger partial charge < -0.3 is 10.2 Å². The van der Waals surface area contributed by atoms with Crippen molar-refractivity contribution >= 4 is 11.6 Å². The Hall–Kier alpha value is -0.940. The molecule has 0 atom stereocenters. The predicted octanol–water partition coefficient (Wildman–Crippen LogP) is 1.87. The van der Waals surface area contributed by atoms with Gasteiger partial charge in [0.1, 0.15) is 11.4 Å². The second-order valence-electron chi connectivity index (χ2n) is 2.27. The van der Waals surface area contributed by atoms with Crippen molar-refractivity contribution in [1.29, 1.82) is 0 Å². The highest BCUT2D eigenvalue weighted by molar-refractivity contribution is 6.31. The van der Waals surface area contributed by atoms with Crippen molar-refractivity contribution in [2.24, 2.45) is 0 Å². The highest BCUT2D eigenvalue weighted by Crippen LogP contribution is 2.35. The van der Waals surface area contributed by atoms with Gasteiger partial charge in [0.05, 0.1) is 17.2 Å². The fourth-order valence-corrected chi connectivity index (χ4v) is 1.08. The monoisotopic (exact) mass is 209 g/mol. The van der Waals surface area contributed by atoms with Crippen LogP contribution in [0.4, 0.5) is 8.78 Å². The Kier molecular flexibility index (Phi) is 3.00. The van der Waals surface area contributed by atoms with Crippen molar-refractivity contribution in [1.82, 2.24) is 4.98 Å². The van der Waals surface area contributed by atoms with Crippen LogP contribution in [0.2, 0.25) is 5.02 Å². The second-order valence-corrected chi connectivity index (χ2v) is 2.68. The zero-order valence-electron chi connectivity index (χ0n) is 6.34. The summed E-state index contributed by atoms with van der Waals surface area (Å²) in [6.45, 7) is -0.608. The number of hydrogen-bond donors (Lipinski definition) is 2. The number of aliphatic hydroxyl groups excluding tert-OH is 1. The summed E-state index contributed by atoms with van der Waals surface area (Å²) in [6, 6.07) is 0. The van der Waals surface area contributed by atoms with Gasteiger partial charge in [-0.2, -0.15) is 0 Å². The third-order valence-electron chi connectivity index (χ3n) is 1.49. The third kappa shape index (κ3) is 1.87. The van der Waals surface area contributed by atoms with Gasteiger partial charge in [-0.05, 0) is 0 Å². The van der Waals surface area contributed by atoms with Crippen molar-refractivity contribution in [3.63, 3.8) is 0 Å². The number of aliphatic hydroxyl groups is 1. The number of nitrogens with zero attached hydrogens (tertiary/aromatic N) is 1. The number of pyridine rings is 1. The number of hydrogen-bond acceptors (Lipinski definition) is 3. The summed E-state index contributed by atoms with van der Waals surface area (Å²) in [5, 5.41) is 17.4. The lowest BCUT2D eigenvalue weighted by molar-refractivity contribution is 0.146. The van der Waals surface area contributed by atoms with Crippen LogP contribution in [0.25, 0.3) is 0 Å². The maximum Gasteiger partial charge on any atom is 0.268 e. The minimum atomic E-state index is -2.89. The molecular weight excluding hydrogens is 204 g/mol. The molecule has 6 heteroatoms. The lowest BCUT2D eigenvalue weighted by Gasteiger charge is -2.07. The molecule has 0 aliphatic heterocycles. The summed E-state index contributed by atoms with van der Waals surface area (Å²) in [6.07, 6.45) is -1.92. The molecule has 0 unspecified atom stereocenters. The molecule has 0 spiro atoms. The Labute approximate surface area is 77.6 Å². The molecule has 0 amide bonds. The minimum absolute atomic E-state index is 0.209. The molecule has 1 heterocycles. The van der Waals surface area contributed by atoms with Gasteiger partial charge >= 0.3 is 0 Å². The van der Waals surface area contributed by atoms with Gasteiger partial charge in [0.15, 0.2) is 0 Å². The normalized spacial score (nSPS) is 10.8. The van der Waals surface area contributed by atoms with Crippen molar-refractivity contribution in [3.05, 3.63) is 22.5 Å². The molecule has 0 aliphatic rings. The highest BCUT2D eigenvalue weighted by atomic mass is 35.5. The molecule has 0 saturated heterocycles. The molecule has 1 aromatic heterocycles. The Morgan fingerprint density at radius 1 is 1.54 bits per heavy atom. The zero-order valence-corrected chi connectivity index (χ0v) is 7.09. The molecule has 0 fully saturated rings. The van der Waals surface area contributed by atoms with E-state index in [2.05, 4.69) is 4.98 Å². The van der Waals surface area contributed by atoms with Crippen molar-refractivity contribution < 1.29 is 19.0 Å². The van der Waals surface area contributed by atoms with Crippen LogP contribution < -0.4 is 0 Å². The molecule has 0 saturated carbocycles. The minimum Gasteiger partial charge on any atom is -0.505 e. The van der Waals surface area contributed by atoms with Gasteiger partial charge in [0.25, 0.3) is 6.43 Å². The van der Waals surface area contributed by atoms with Crippen LogP contribution in [-0.2, 0) is 6.61 Å². The molecular formula is C7H6ClF2NO2. The van der Waals surface area contributed by atoms with E-state index < -0.39 is 24.3 Å².